The van der Waals surface area contributed by atoms with Gasteiger partial charge in [-0.1, -0.05) is 0 Å². The number of carbonyl (C=O) groups excluding carboxylic acids is 1. The first-order valence-electron chi connectivity index (χ1n) is 6.97. The summed E-state index contributed by atoms with van der Waals surface area (Å²) in [7, 11) is 1.77. The van der Waals surface area contributed by atoms with Crippen molar-refractivity contribution in [2.24, 2.45) is 7.05 Å². The van der Waals surface area contributed by atoms with Crippen LogP contribution in [0.2, 0.25) is 0 Å². The zero-order valence-electron chi connectivity index (χ0n) is 12.3. The molecule has 0 spiro atoms. The average Bonchev–Trinajstić information content (AvgIpc) is 3.16. The molecule has 3 rings (SSSR count). The summed E-state index contributed by atoms with van der Waals surface area (Å²) >= 11 is 0. The Hall–Kier alpha value is -2.64. The van der Waals surface area contributed by atoms with Crippen molar-refractivity contribution in [3.63, 3.8) is 0 Å². The maximum absolute atomic E-state index is 12.6. The number of amides is 1. The van der Waals surface area contributed by atoms with E-state index in [1.165, 1.54) is 4.90 Å². The van der Waals surface area contributed by atoms with Gasteiger partial charge in [0, 0.05) is 19.8 Å². The number of aryl methyl sites for hydroxylation is 2. The molecule has 1 aliphatic heterocycles. The molecular formula is C14H16N4O4. The molecule has 1 amide bonds. The maximum Gasteiger partial charge on any atom is 0.326 e. The lowest BCUT2D eigenvalue weighted by molar-refractivity contribution is -0.141. The summed E-state index contributed by atoms with van der Waals surface area (Å²) < 4.78 is 7.14. The van der Waals surface area contributed by atoms with Gasteiger partial charge in [0.2, 0.25) is 5.89 Å². The van der Waals surface area contributed by atoms with E-state index in [9.17, 15) is 14.7 Å². The summed E-state index contributed by atoms with van der Waals surface area (Å²) in [5.74, 6) is -0.708. The molecular weight excluding hydrogens is 288 g/mol. The van der Waals surface area contributed by atoms with Gasteiger partial charge in [-0.25, -0.2) is 9.78 Å². The van der Waals surface area contributed by atoms with E-state index < -0.39 is 17.9 Å². The van der Waals surface area contributed by atoms with Crippen molar-refractivity contribution in [3.8, 4) is 11.5 Å². The summed E-state index contributed by atoms with van der Waals surface area (Å²) in [6, 6.07) is -0.787. The number of hydrogen-bond acceptors (Lipinski definition) is 5. The summed E-state index contributed by atoms with van der Waals surface area (Å²) in [6.45, 7) is 2.07. The number of aromatic nitrogens is 3. The molecule has 0 radical (unpaired) electrons. The van der Waals surface area contributed by atoms with E-state index >= 15 is 0 Å². The third-order valence-electron chi connectivity index (χ3n) is 3.75. The number of carboxylic acids is 1. The van der Waals surface area contributed by atoms with Crippen LogP contribution in [0.1, 0.15) is 29.1 Å². The lowest BCUT2D eigenvalue weighted by Crippen LogP contribution is -2.40. The summed E-state index contributed by atoms with van der Waals surface area (Å²) in [6.07, 6.45) is 4.47. The molecule has 0 aliphatic carbocycles. The van der Waals surface area contributed by atoms with Crippen LogP contribution in [0.25, 0.3) is 11.5 Å². The lowest BCUT2D eigenvalue weighted by Gasteiger charge is -2.20. The van der Waals surface area contributed by atoms with E-state index in [4.69, 9.17) is 4.42 Å². The molecule has 1 N–H and O–H groups in total. The van der Waals surface area contributed by atoms with E-state index in [0.29, 0.717) is 36.6 Å². The van der Waals surface area contributed by atoms with Crippen molar-refractivity contribution in [3.05, 3.63) is 23.8 Å². The van der Waals surface area contributed by atoms with Gasteiger partial charge in [0.25, 0.3) is 5.91 Å². The second kappa shape index (κ2) is 5.28. The zero-order chi connectivity index (χ0) is 15.9. The Labute approximate surface area is 126 Å². The van der Waals surface area contributed by atoms with E-state index in [1.54, 1.807) is 31.0 Å². The minimum absolute atomic E-state index is 0.159. The summed E-state index contributed by atoms with van der Waals surface area (Å²) in [5.41, 5.74) is 0.827. The molecule has 0 unspecified atom stereocenters. The first-order valence-corrected chi connectivity index (χ1v) is 6.97. The molecule has 22 heavy (non-hydrogen) atoms. The highest BCUT2D eigenvalue weighted by atomic mass is 16.4. The molecule has 2 aromatic heterocycles. The highest BCUT2D eigenvalue weighted by molar-refractivity contribution is 5.96. The fourth-order valence-corrected chi connectivity index (χ4v) is 2.65. The summed E-state index contributed by atoms with van der Waals surface area (Å²) in [4.78, 5) is 29.3. The van der Waals surface area contributed by atoms with E-state index in [2.05, 4.69) is 10.1 Å². The van der Waals surface area contributed by atoms with E-state index in [1.807, 2.05) is 0 Å². The van der Waals surface area contributed by atoms with Crippen molar-refractivity contribution in [1.82, 2.24) is 19.7 Å². The molecule has 116 valence electrons. The van der Waals surface area contributed by atoms with Gasteiger partial charge in [-0.05, 0) is 19.8 Å². The fourth-order valence-electron chi connectivity index (χ4n) is 2.65. The smallest absolute Gasteiger partial charge is 0.326 e. The number of oxazole rings is 1. The van der Waals surface area contributed by atoms with Gasteiger partial charge in [-0.15, -0.1) is 0 Å². The van der Waals surface area contributed by atoms with Gasteiger partial charge in [0.05, 0.1) is 11.8 Å². The maximum atomic E-state index is 12.6. The number of nitrogens with zero attached hydrogens (tertiary/aromatic N) is 4. The number of likely N-dealkylation sites (tertiary alicyclic amines) is 1. The Bertz CT molecular complexity index is 733. The third kappa shape index (κ3) is 2.36. The van der Waals surface area contributed by atoms with Crippen molar-refractivity contribution < 1.29 is 19.1 Å². The van der Waals surface area contributed by atoms with Crippen molar-refractivity contribution in [1.29, 1.82) is 0 Å². The van der Waals surface area contributed by atoms with Crippen LogP contribution in [0.15, 0.2) is 16.8 Å². The number of hydrogen-bond donors (Lipinski definition) is 1. The average molecular weight is 304 g/mol. The molecule has 0 bridgehead atoms. The predicted octanol–water partition coefficient (Wildman–Crippen LogP) is 1.07. The number of carbonyl (C=O) groups is 2. The van der Waals surface area contributed by atoms with Crippen LogP contribution in [-0.2, 0) is 11.8 Å². The number of rotatable bonds is 3. The first kappa shape index (κ1) is 14.3. The molecule has 2 aromatic rings. The van der Waals surface area contributed by atoms with Crippen molar-refractivity contribution in [2.75, 3.05) is 6.54 Å². The van der Waals surface area contributed by atoms with Gasteiger partial charge in [0.1, 0.15) is 11.8 Å². The minimum atomic E-state index is -0.987. The molecule has 8 heteroatoms. The molecule has 0 saturated carbocycles. The Morgan fingerprint density at radius 2 is 2.23 bits per heavy atom. The van der Waals surface area contributed by atoms with Crippen LogP contribution in [0.5, 0.6) is 0 Å². The van der Waals surface area contributed by atoms with Gasteiger partial charge in [-0.2, -0.15) is 5.10 Å². The Morgan fingerprint density at radius 1 is 1.45 bits per heavy atom. The Balaban J connectivity index is 1.90. The zero-order valence-corrected chi connectivity index (χ0v) is 12.3. The SMILES string of the molecule is Cc1oc(-c2cnn(C)c2)nc1C(=O)N1CCC[C@H]1C(=O)O. The topological polar surface area (TPSA) is 101 Å². The van der Waals surface area contributed by atoms with Crippen LogP contribution >= 0.6 is 0 Å². The lowest BCUT2D eigenvalue weighted by atomic mass is 10.2. The molecule has 1 aliphatic rings. The summed E-state index contributed by atoms with van der Waals surface area (Å²) in [5, 5.41) is 13.2. The van der Waals surface area contributed by atoms with E-state index in [0.717, 1.165) is 0 Å². The largest absolute Gasteiger partial charge is 0.480 e. The monoisotopic (exact) mass is 304 g/mol. The van der Waals surface area contributed by atoms with Crippen LogP contribution < -0.4 is 0 Å². The standard InChI is InChI=1S/C14H16N4O4/c1-8-11(13(19)18-5-3-4-10(18)14(20)21)16-12(22-8)9-6-15-17(2)7-9/h6-7,10H,3-5H2,1-2H3,(H,20,21)/t10-/m0/s1. The first-order chi connectivity index (χ1) is 10.5. The molecule has 0 aromatic carbocycles. The minimum Gasteiger partial charge on any atom is -0.480 e. The van der Waals surface area contributed by atoms with Gasteiger partial charge in [-0.3, -0.25) is 9.48 Å². The normalized spacial score (nSPS) is 17.9. The molecule has 3 heterocycles. The Morgan fingerprint density at radius 3 is 2.86 bits per heavy atom. The van der Waals surface area contributed by atoms with Gasteiger partial charge < -0.3 is 14.4 Å². The van der Waals surface area contributed by atoms with Crippen LogP contribution in [-0.4, -0.2) is 49.2 Å². The second-order valence-electron chi connectivity index (χ2n) is 5.32. The number of carboxylic acid groups (broad SMARTS) is 1. The third-order valence-corrected chi connectivity index (χ3v) is 3.75. The Kier molecular flexibility index (Phi) is 3.44. The highest BCUT2D eigenvalue weighted by Gasteiger charge is 2.36. The van der Waals surface area contributed by atoms with Crippen LogP contribution in [0.4, 0.5) is 0 Å². The number of aliphatic carboxylic acids is 1. The van der Waals surface area contributed by atoms with Gasteiger partial charge in [0.15, 0.2) is 5.69 Å². The molecule has 1 fully saturated rings. The van der Waals surface area contributed by atoms with E-state index in [-0.39, 0.29) is 5.69 Å². The van der Waals surface area contributed by atoms with Crippen molar-refractivity contribution in [2.45, 2.75) is 25.8 Å². The molecule has 8 nitrogen and oxygen atoms in total. The second-order valence-corrected chi connectivity index (χ2v) is 5.32. The molecule has 1 saturated heterocycles. The van der Waals surface area contributed by atoms with Gasteiger partial charge >= 0.3 is 5.97 Å². The highest BCUT2D eigenvalue weighted by Crippen LogP contribution is 2.25. The molecule has 1 atom stereocenters. The van der Waals surface area contributed by atoms with Crippen LogP contribution in [0, 0.1) is 6.92 Å². The van der Waals surface area contributed by atoms with Crippen LogP contribution in [0.3, 0.4) is 0 Å². The fraction of sp³-hybridized carbons (Fsp3) is 0.429. The van der Waals surface area contributed by atoms with Crippen molar-refractivity contribution >= 4 is 11.9 Å². The predicted molar refractivity (Wildman–Crippen MR) is 75.1 cm³/mol. The quantitative estimate of drug-likeness (QED) is 0.910.